The van der Waals surface area contributed by atoms with Gasteiger partial charge in [-0.1, -0.05) is 34.6 Å². The van der Waals surface area contributed by atoms with Crippen molar-refractivity contribution in [3.63, 3.8) is 0 Å². The molecule has 8 nitrogen and oxygen atoms in total. The monoisotopic (exact) mass is 578 g/mol. The number of aromatic nitrogens is 3. The first kappa shape index (κ1) is 25.7. The van der Waals surface area contributed by atoms with E-state index in [9.17, 15) is 9.59 Å². The van der Waals surface area contributed by atoms with Crippen LogP contribution in [0.1, 0.15) is 46.9 Å². The van der Waals surface area contributed by atoms with E-state index < -0.39 is 0 Å². The molecule has 1 unspecified atom stereocenters. The lowest BCUT2D eigenvalue weighted by atomic mass is 9.88. The average molecular weight is 580 g/mol. The Morgan fingerprint density at radius 3 is 2.80 bits per heavy atom. The van der Waals surface area contributed by atoms with E-state index in [0.717, 1.165) is 35.0 Å². The Kier molecular flexibility index (Phi) is 8.51. The van der Waals surface area contributed by atoms with Crippen LogP contribution in [0, 0.1) is 5.92 Å². The molecule has 11 heteroatoms. The summed E-state index contributed by atoms with van der Waals surface area (Å²) in [6.45, 7) is 4.55. The Bertz CT molecular complexity index is 1210. The number of amides is 1. The lowest BCUT2D eigenvalue weighted by Crippen LogP contribution is -2.18. The fraction of sp³-hybridized carbons (Fsp3) is 0.417. The molecule has 1 amide bonds. The number of rotatable bonds is 9. The SMILES string of the molecule is CCOC(=O)c1c(NC(=O)CSc2nnc(COc3ccc(Br)cc3)n2C)sc2c1CCC(C)C2. The summed E-state index contributed by atoms with van der Waals surface area (Å²) in [5, 5.41) is 12.5. The Morgan fingerprint density at radius 1 is 1.29 bits per heavy atom. The molecule has 0 aliphatic heterocycles. The van der Waals surface area contributed by atoms with Gasteiger partial charge in [0, 0.05) is 16.4 Å². The lowest BCUT2D eigenvalue weighted by molar-refractivity contribution is -0.113. The number of esters is 1. The molecule has 4 rings (SSSR count). The van der Waals surface area contributed by atoms with Gasteiger partial charge < -0.3 is 19.4 Å². The predicted molar refractivity (Wildman–Crippen MR) is 140 cm³/mol. The van der Waals surface area contributed by atoms with Gasteiger partial charge in [-0.05, 0) is 61.9 Å². The highest BCUT2D eigenvalue weighted by Gasteiger charge is 2.29. The average Bonchev–Trinajstić information content (AvgIpc) is 3.36. The molecular weight excluding hydrogens is 552 g/mol. The molecule has 1 aliphatic rings. The van der Waals surface area contributed by atoms with E-state index in [1.165, 1.54) is 28.0 Å². The van der Waals surface area contributed by atoms with E-state index in [2.05, 4.69) is 38.4 Å². The third-order valence-electron chi connectivity index (χ3n) is 5.68. The second-order valence-electron chi connectivity index (χ2n) is 8.31. The normalized spacial score (nSPS) is 14.9. The number of carbonyl (C=O) groups is 2. The van der Waals surface area contributed by atoms with Crippen molar-refractivity contribution >= 4 is 55.9 Å². The first-order chi connectivity index (χ1) is 16.9. The van der Waals surface area contributed by atoms with Gasteiger partial charge >= 0.3 is 5.97 Å². The first-order valence-corrected chi connectivity index (χ1v) is 14.0. The molecule has 0 radical (unpaired) electrons. The minimum atomic E-state index is -0.369. The van der Waals surface area contributed by atoms with Gasteiger partial charge in [0.15, 0.2) is 11.0 Å². The van der Waals surface area contributed by atoms with E-state index >= 15 is 0 Å². The summed E-state index contributed by atoms with van der Waals surface area (Å²) in [6, 6.07) is 7.55. The summed E-state index contributed by atoms with van der Waals surface area (Å²) in [4.78, 5) is 26.6. The zero-order chi connectivity index (χ0) is 24.9. The molecular formula is C24H27BrN4O4S2. The maximum atomic E-state index is 12.8. The van der Waals surface area contributed by atoms with Crippen LogP contribution in [0.5, 0.6) is 5.75 Å². The molecule has 2 heterocycles. The predicted octanol–water partition coefficient (Wildman–Crippen LogP) is 5.25. The number of anilines is 1. The highest BCUT2D eigenvalue weighted by atomic mass is 79.9. The summed E-state index contributed by atoms with van der Waals surface area (Å²) in [6.07, 6.45) is 2.77. The summed E-state index contributed by atoms with van der Waals surface area (Å²) in [5.74, 6) is 1.51. The number of ether oxygens (including phenoxy) is 2. The highest BCUT2D eigenvalue weighted by molar-refractivity contribution is 9.10. The van der Waals surface area contributed by atoms with Crippen molar-refractivity contribution in [1.29, 1.82) is 0 Å². The van der Waals surface area contributed by atoms with Crippen molar-refractivity contribution in [1.82, 2.24) is 14.8 Å². The van der Waals surface area contributed by atoms with Crippen molar-refractivity contribution in [2.75, 3.05) is 17.7 Å². The maximum absolute atomic E-state index is 12.8. The molecule has 186 valence electrons. The molecule has 1 aliphatic carbocycles. The number of hydrogen-bond acceptors (Lipinski definition) is 8. The summed E-state index contributed by atoms with van der Waals surface area (Å²) < 4.78 is 13.8. The van der Waals surface area contributed by atoms with Gasteiger partial charge in [-0.25, -0.2) is 4.79 Å². The largest absolute Gasteiger partial charge is 0.486 e. The quantitative estimate of drug-likeness (QED) is 0.273. The van der Waals surface area contributed by atoms with Gasteiger partial charge in [0.25, 0.3) is 0 Å². The Morgan fingerprint density at radius 2 is 2.06 bits per heavy atom. The molecule has 2 aromatic heterocycles. The van der Waals surface area contributed by atoms with Crippen molar-refractivity contribution in [2.45, 2.75) is 44.9 Å². The van der Waals surface area contributed by atoms with Gasteiger partial charge in [0.05, 0.1) is 17.9 Å². The Balaban J connectivity index is 1.38. The molecule has 1 atom stereocenters. The molecule has 1 aromatic carbocycles. The Hall–Kier alpha value is -2.37. The van der Waals surface area contributed by atoms with E-state index in [0.29, 0.717) is 34.1 Å². The topological polar surface area (TPSA) is 95.3 Å². The minimum Gasteiger partial charge on any atom is -0.486 e. The third-order valence-corrected chi connectivity index (χ3v) is 8.40. The van der Waals surface area contributed by atoms with Crippen LogP contribution >= 0.6 is 39.0 Å². The number of halogens is 1. The van der Waals surface area contributed by atoms with Crippen molar-refractivity contribution < 1.29 is 19.1 Å². The van der Waals surface area contributed by atoms with E-state index in [4.69, 9.17) is 9.47 Å². The molecule has 35 heavy (non-hydrogen) atoms. The van der Waals surface area contributed by atoms with Crippen LogP contribution in [-0.4, -0.2) is 39.0 Å². The Labute approximate surface area is 220 Å². The van der Waals surface area contributed by atoms with Crippen LogP contribution in [0.4, 0.5) is 5.00 Å². The molecule has 0 fully saturated rings. The molecule has 0 bridgehead atoms. The van der Waals surface area contributed by atoms with Crippen molar-refractivity contribution in [3.8, 4) is 5.75 Å². The van der Waals surface area contributed by atoms with Crippen molar-refractivity contribution in [2.24, 2.45) is 13.0 Å². The number of nitrogens with one attached hydrogen (secondary N) is 1. The number of carbonyl (C=O) groups excluding carboxylic acids is 2. The smallest absolute Gasteiger partial charge is 0.341 e. The number of hydrogen-bond donors (Lipinski definition) is 1. The maximum Gasteiger partial charge on any atom is 0.341 e. The van der Waals surface area contributed by atoms with E-state index in [1.54, 1.807) is 6.92 Å². The van der Waals surface area contributed by atoms with Crippen LogP contribution < -0.4 is 10.1 Å². The molecule has 0 saturated heterocycles. The fourth-order valence-corrected chi connectivity index (χ4v) is 6.24. The second kappa shape index (κ2) is 11.6. The molecule has 0 saturated carbocycles. The van der Waals surface area contributed by atoms with Crippen LogP contribution in [-0.2, 0) is 36.0 Å². The standard InChI is InChI=1S/C24H27BrN4O4S2/c1-4-32-23(31)21-17-10-5-14(2)11-18(17)35-22(21)26-20(30)13-34-24-28-27-19(29(24)3)12-33-16-8-6-15(25)7-9-16/h6-9,14H,4-5,10-13H2,1-3H3,(H,26,30). The van der Waals surface area contributed by atoms with Crippen molar-refractivity contribution in [3.05, 3.63) is 50.6 Å². The van der Waals surface area contributed by atoms with Gasteiger partial charge in [-0.3, -0.25) is 4.79 Å². The second-order valence-corrected chi connectivity index (χ2v) is 11.3. The number of fused-ring (bicyclic) bond motifs is 1. The number of nitrogens with zero attached hydrogens (tertiary/aromatic N) is 3. The minimum absolute atomic E-state index is 0.140. The zero-order valence-corrected chi connectivity index (χ0v) is 23.0. The molecule has 0 spiro atoms. The van der Waals surface area contributed by atoms with E-state index in [1.807, 2.05) is 35.9 Å². The summed E-state index contributed by atoms with van der Waals surface area (Å²) >= 11 is 6.17. The van der Waals surface area contributed by atoms with Crippen LogP contribution in [0.2, 0.25) is 0 Å². The highest BCUT2D eigenvalue weighted by Crippen LogP contribution is 2.40. The summed E-state index contributed by atoms with van der Waals surface area (Å²) in [7, 11) is 1.84. The zero-order valence-electron chi connectivity index (χ0n) is 19.8. The van der Waals surface area contributed by atoms with Crippen LogP contribution in [0.25, 0.3) is 0 Å². The van der Waals surface area contributed by atoms with Gasteiger partial charge in [0.1, 0.15) is 17.4 Å². The van der Waals surface area contributed by atoms with E-state index in [-0.39, 0.29) is 24.2 Å². The first-order valence-electron chi connectivity index (χ1n) is 11.4. The number of thioether (sulfide) groups is 1. The fourth-order valence-electron chi connectivity index (χ4n) is 3.83. The van der Waals surface area contributed by atoms with Crippen LogP contribution in [0.3, 0.4) is 0 Å². The van der Waals surface area contributed by atoms with Gasteiger partial charge in [0.2, 0.25) is 5.91 Å². The number of thiophene rings is 1. The molecule has 3 aromatic rings. The summed E-state index contributed by atoms with van der Waals surface area (Å²) in [5.41, 5.74) is 1.54. The van der Waals surface area contributed by atoms with Gasteiger partial charge in [-0.2, -0.15) is 0 Å². The van der Waals surface area contributed by atoms with Gasteiger partial charge in [-0.15, -0.1) is 21.5 Å². The third kappa shape index (κ3) is 6.25. The van der Waals surface area contributed by atoms with Crippen LogP contribution in [0.15, 0.2) is 33.9 Å². The lowest BCUT2D eigenvalue weighted by Gasteiger charge is -2.18. The number of benzene rings is 1. The molecule has 1 N–H and O–H groups in total.